The molecule has 1 aliphatic heterocycles. The van der Waals surface area contributed by atoms with E-state index in [-0.39, 0.29) is 10.9 Å². The van der Waals surface area contributed by atoms with Crippen LogP contribution in [-0.4, -0.2) is 52.9 Å². The zero-order chi connectivity index (χ0) is 13.2. The molecule has 1 atom stereocenters. The molecule has 1 rings (SSSR count). The average Bonchev–Trinajstić information content (AvgIpc) is 2.69. The monoisotopic (exact) mass is 280 g/mol. The van der Waals surface area contributed by atoms with E-state index >= 15 is 0 Å². The summed E-state index contributed by atoms with van der Waals surface area (Å²) in [6.45, 7) is 1.41. The first-order chi connectivity index (χ1) is 7.85. The fraction of sp³-hybridized carbons (Fsp3) is 0.571. The van der Waals surface area contributed by atoms with Gasteiger partial charge in [0.1, 0.15) is 0 Å². The molecule has 0 aromatic rings. The summed E-state index contributed by atoms with van der Waals surface area (Å²) in [5.41, 5.74) is 0. The van der Waals surface area contributed by atoms with Gasteiger partial charge in [0.2, 0.25) is 19.4 Å². The highest BCUT2D eigenvalue weighted by Crippen LogP contribution is 2.12. The Kier molecular flexibility index (Phi) is 3.98. The lowest BCUT2D eigenvalue weighted by Crippen LogP contribution is -2.42. The number of urea groups is 1. The third kappa shape index (κ3) is 2.52. The molecule has 1 N–H and O–H groups in total. The van der Waals surface area contributed by atoms with E-state index in [1.165, 1.54) is 21.0 Å². The number of hydrogen-bond donors (Lipinski definition) is 1. The minimum Gasteiger partial charge on any atom is -0.341 e. The zero-order valence-corrected chi connectivity index (χ0v) is 11.1. The maximum atomic E-state index is 11.8. The molecule has 1 aliphatic rings. The molecule has 0 spiro atoms. The van der Waals surface area contributed by atoms with Gasteiger partial charge in [0.25, 0.3) is 0 Å². The van der Waals surface area contributed by atoms with Crippen LogP contribution in [0, 0.1) is 0 Å². The van der Waals surface area contributed by atoms with Gasteiger partial charge in [0.05, 0.1) is 5.75 Å². The highest BCUT2D eigenvalue weighted by atomic mass is 32.3. The Morgan fingerprint density at radius 1 is 1.47 bits per heavy atom. The van der Waals surface area contributed by atoms with E-state index in [4.69, 9.17) is 0 Å². The number of amidine groups is 1. The highest BCUT2D eigenvalue weighted by Gasteiger charge is 2.35. The van der Waals surface area contributed by atoms with Gasteiger partial charge in [-0.3, -0.25) is 4.90 Å². The maximum Gasteiger partial charge on any atom is 0.323 e. The van der Waals surface area contributed by atoms with Crippen molar-refractivity contribution in [3.05, 3.63) is 0 Å². The van der Waals surface area contributed by atoms with Gasteiger partial charge in [-0.25, -0.2) is 17.4 Å². The van der Waals surface area contributed by atoms with Gasteiger partial charge in [-0.15, -0.1) is 10.2 Å². The number of amides is 2. The minimum atomic E-state index is -3.67. The van der Waals surface area contributed by atoms with E-state index in [0.29, 0.717) is 0 Å². The number of nitrogens with one attached hydrogen (secondary N) is 1. The lowest BCUT2D eigenvalue weighted by Gasteiger charge is -2.14. The van der Waals surface area contributed by atoms with Crippen molar-refractivity contribution in [2.45, 2.75) is 6.92 Å². The molecule has 1 heterocycles. The van der Waals surface area contributed by atoms with E-state index in [1.54, 1.807) is 0 Å². The second-order valence-electron chi connectivity index (χ2n) is 3.03. The molecule has 0 aromatic heterocycles. The van der Waals surface area contributed by atoms with E-state index in [2.05, 4.69) is 15.5 Å². The SMILES string of the molecule is CCS(=O)(=O)C1=NN=C(N(C)C(=O)NC)S1=O. The van der Waals surface area contributed by atoms with E-state index in [1.807, 2.05) is 0 Å². The Balaban J connectivity index is 2.96. The number of rotatable bonds is 1. The molecule has 0 radical (unpaired) electrons. The van der Waals surface area contributed by atoms with Crippen LogP contribution in [0.4, 0.5) is 4.79 Å². The van der Waals surface area contributed by atoms with Crippen molar-refractivity contribution in [2.75, 3.05) is 19.8 Å². The average molecular weight is 280 g/mol. The van der Waals surface area contributed by atoms with Gasteiger partial charge in [-0.2, -0.15) is 0 Å². The lowest BCUT2D eigenvalue weighted by molar-refractivity contribution is 0.229. The maximum absolute atomic E-state index is 11.8. The van der Waals surface area contributed by atoms with Crippen LogP contribution < -0.4 is 5.32 Å². The summed E-state index contributed by atoms with van der Waals surface area (Å²) in [4.78, 5) is 12.2. The van der Waals surface area contributed by atoms with Gasteiger partial charge < -0.3 is 5.32 Å². The number of hydrogen-bond acceptors (Lipinski definition) is 6. The molecule has 1 unspecified atom stereocenters. The quantitative estimate of drug-likeness (QED) is 0.670. The number of sulfone groups is 1. The van der Waals surface area contributed by atoms with E-state index in [9.17, 15) is 17.4 Å². The van der Waals surface area contributed by atoms with Crippen LogP contribution in [0.15, 0.2) is 10.2 Å². The van der Waals surface area contributed by atoms with Crippen LogP contribution in [0.2, 0.25) is 0 Å². The van der Waals surface area contributed by atoms with Crippen molar-refractivity contribution in [3.63, 3.8) is 0 Å². The van der Waals surface area contributed by atoms with Crippen LogP contribution in [0.25, 0.3) is 0 Å². The molecule has 0 saturated heterocycles. The standard InChI is InChI=1S/C7H12N4O4S2/c1-4-17(14,15)7-10-9-6(16(7)13)11(3)5(12)8-2/h4H2,1-3H3,(H,8,12). The van der Waals surface area contributed by atoms with E-state index in [0.717, 1.165) is 4.90 Å². The molecule has 0 saturated carbocycles. The highest BCUT2D eigenvalue weighted by molar-refractivity contribution is 8.34. The normalized spacial score (nSPS) is 19.6. The van der Waals surface area contributed by atoms with Crippen molar-refractivity contribution in [2.24, 2.45) is 10.2 Å². The molecule has 2 amide bonds. The number of carbonyl (C=O) groups is 1. The molecule has 0 aliphatic carbocycles. The van der Waals surface area contributed by atoms with Gasteiger partial charge in [0.15, 0.2) is 10.8 Å². The fourth-order valence-corrected chi connectivity index (χ4v) is 3.61. The Labute approximate surface area is 101 Å². The molecule has 0 fully saturated rings. The predicted molar refractivity (Wildman–Crippen MR) is 64.7 cm³/mol. The van der Waals surface area contributed by atoms with Crippen molar-refractivity contribution in [1.29, 1.82) is 0 Å². The molecular formula is C7H12N4O4S2. The van der Waals surface area contributed by atoms with Crippen molar-refractivity contribution in [3.8, 4) is 0 Å². The van der Waals surface area contributed by atoms with Gasteiger partial charge in [-0.1, -0.05) is 6.92 Å². The lowest BCUT2D eigenvalue weighted by atomic mass is 10.8. The summed E-state index contributed by atoms with van der Waals surface area (Å²) < 4.78 is 34.3. The number of nitrogens with zero attached hydrogens (tertiary/aromatic N) is 3. The third-order valence-electron chi connectivity index (χ3n) is 1.99. The van der Waals surface area contributed by atoms with Crippen LogP contribution in [0.3, 0.4) is 0 Å². The molecule has 8 nitrogen and oxygen atoms in total. The van der Waals surface area contributed by atoms with Crippen molar-refractivity contribution in [1.82, 2.24) is 10.2 Å². The molecular weight excluding hydrogens is 268 g/mol. The summed E-state index contributed by atoms with van der Waals surface area (Å²) in [5, 5.41) is 8.95. The van der Waals surface area contributed by atoms with Gasteiger partial charge in [-0.05, 0) is 0 Å². The second kappa shape index (κ2) is 4.92. The third-order valence-corrected chi connectivity index (χ3v) is 5.67. The molecule has 0 bridgehead atoms. The first-order valence-corrected chi connectivity index (χ1v) is 7.41. The van der Waals surface area contributed by atoms with Gasteiger partial charge in [0, 0.05) is 14.1 Å². The first kappa shape index (κ1) is 13.8. The van der Waals surface area contributed by atoms with Crippen LogP contribution >= 0.6 is 0 Å². The Hall–Kier alpha value is -1.29. The first-order valence-electron chi connectivity index (χ1n) is 4.60. The Bertz CT molecular complexity index is 522. The van der Waals surface area contributed by atoms with Crippen LogP contribution in [-0.2, 0) is 20.6 Å². The summed E-state index contributed by atoms with van der Waals surface area (Å²) >= 11 is 0. The summed E-state index contributed by atoms with van der Waals surface area (Å²) in [7, 11) is -3.00. The summed E-state index contributed by atoms with van der Waals surface area (Å²) in [6.07, 6.45) is 0. The molecule has 0 aromatic carbocycles. The number of carbonyl (C=O) groups excluding carboxylic acids is 1. The predicted octanol–water partition coefficient (Wildman–Crippen LogP) is -0.918. The largest absolute Gasteiger partial charge is 0.341 e. The second-order valence-corrected chi connectivity index (χ2v) is 6.78. The molecule has 10 heteroatoms. The topological polar surface area (TPSA) is 108 Å². The summed E-state index contributed by atoms with van der Waals surface area (Å²) in [5.74, 6) is -0.218. The minimum absolute atomic E-state index is 0.198. The Morgan fingerprint density at radius 2 is 2.06 bits per heavy atom. The smallest absolute Gasteiger partial charge is 0.323 e. The molecule has 96 valence electrons. The van der Waals surface area contributed by atoms with Crippen LogP contribution in [0.5, 0.6) is 0 Å². The van der Waals surface area contributed by atoms with Crippen molar-refractivity contribution < 1.29 is 17.4 Å². The van der Waals surface area contributed by atoms with Crippen molar-refractivity contribution >= 4 is 36.2 Å². The molecule has 17 heavy (non-hydrogen) atoms. The zero-order valence-electron chi connectivity index (χ0n) is 9.50. The fourth-order valence-electron chi connectivity index (χ4n) is 0.983. The van der Waals surface area contributed by atoms with E-state index < -0.39 is 31.0 Å². The Morgan fingerprint density at radius 3 is 2.53 bits per heavy atom. The summed E-state index contributed by atoms with van der Waals surface area (Å²) in [6, 6.07) is -0.553. The van der Waals surface area contributed by atoms with Gasteiger partial charge >= 0.3 is 6.03 Å². The van der Waals surface area contributed by atoms with Crippen LogP contribution in [0.1, 0.15) is 6.92 Å².